The summed E-state index contributed by atoms with van der Waals surface area (Å²) in [6.07, 6.45) is 0. The minimum absolute atomic E-state index is 0. The average molecular weight is 193 g/mol. The normalized spacial score (nSPS) is 8.29. The first-order valence-corrected chi connectivity index (χ1v) is 2.10. The van der Waals surface area contributed by atoms with Gasteiger partial charge in [0, 0.05) is 16.8 Å². The van der Waals surface area contributed by atoms with Crippen LogP contribution in [0.25, 0.3) is 0 Å². The first-order chi connectivity index (χ1) is 2.00. The van der Waals surface area contributed by atoms with E-state index < -0.39 is 10.4 Å². The Morgan fingerprint density at radius 2 is 1.14 bits per heavy atom. The molecule has 0 aliphatic carbocycles. The van der Waals surface area contributed by atoms with Crippen molar-refractivity contribution in [3.8, 4) is 0 Å². The van der Waals surface area contributed by atoms with Crippen LogP contribution in [0.15, 0.2) is 0 Å². The van der Waals surface area contributed by atoms with Gasteiger partial charge in [-0.2, -0.15) is 8.42 Å². The summed E-state index contributed by atoms with van der Waals surface area (Å²) in [5, 5.41) is 0. The fraction of sp³-hybridized carbons (Fsp3) is 0. The second kappa shape index (κ2) is 4.82. The second-order valence-electron chi connectivity index (χ2n) is 0.448. The van der Waals surface area contributed by atoms with Crippen molar-refractivity contribution in [1.82, 2.24) is 0 Å². The van der Waals surface area contributed by atoms with Crippen LogP contribution in [0.5, 0.6) is 0 Å². The summed E-state index contributed by atoms with van der Waals surface area (Å²) in [6, 6.07) is 0. The van der Waals surface area contributed by atoms with Crippen molar-refractivity contribution in [2.75, 3.05) is 0 Å². The zero-order chi connectivity index (χ0) is 4.50. The van der Waals surface area contributed by atoms with Crippen LogP contribution < -0.4 is 0 Å². The molecule has 0 bridgehead atoms. The van der Waals surface area contributed by atoms with Crippen LogP contribution in [0.2, 0.25) is 0 Å². The van der Waals surface area contributed by atoms with E-state index >= 15 is 0 Å². The maximum Gasteiger partial charge on any atom is 0.394 e. The zero-order valence-corrected chi connectivity index (χ0v) is 5.53. The zero-order valence-electron chi connectivity index (χ0n) is 2.86. The molecular formula is H3ClCoO4S. The molecule has 0 atom stereocenters. The molecule has 0 fully saturated rings. The van der Waals surface area contributed by atoms with Crippen molar-refractivity contribution in [1.29, 1.82) is 0 Å². The average Bonchev–Trinajstić information content (AvgIpc) is 0.722. The molecule has 0 aromatic heterocycles. The largest absolute Gasteiger partial charge is 0.394 e. The summed E-state index contributed by atoms with van der Waals surface area (Å²) in [4.78, 5) is 0. The molecule has 7 heavy (non-hydrogen) atoms. The van der Waals surface area contributed by atoms with E-state index in [9.17, 15) is 0 Å². The third kappa shape index (κ3) is 327. The van der Waals surface area contributed by atoms with Crippen molar-refractivity contribution in [2.24, 2.45) is 0 Å². The van der Waals surface area contributed by atoms with Gasteiger partial charge in [-0.25, -0.2) is 0 Å². The summed E-state index contributed by atoms with van der Waals surface area (Å²) in [5.41, 5.74) is 0. The summed E-state index contributed by atoms with van der Waals surface area (Å²) in [5.74, 6) is 0. The van der Waals surface area contributed by atoms with Crippen LogP contribution in [-0.4, -0.2) is 17.5 Å². The van der Waals surface area contributed by atoms with E-state index in [1.807, 2.05) is 0 Å². The summed E-state index contributed by atoms with van der Waals surface area (Å²) in [6.45, 7) is 0. The molecule has 2 N–H and O–H groups in total. The second-order valence-corrected chi connectivity index (χ2v) is 1.34. The third-order valence-electron chi connectivity index (χ3n) is 0. The Kier molecular flexibility index (Phi) is 10.8. The van der Waals surface area contributed by atoms with Gasteiger partial charge in [0.1, 0.15) is 0 Å². The summed E-state index contributed by atoms with van der Waals surface area (Å²) in [7, 11) is -4.67. The Labute approximate surface area is 57.5 Å². The molecule has 0 aliphatic rings. The molecule has 0 saturated heterocycles. The Hall–Kier alpha value is 0.666. The quantitative estimate of drug-likeness (QED) is 0.521. The Morgan fingerprint density at radius 3 is 1.14 bits per heavy atom. The van der Waals surface area contributed by atoms with E-state index in [0.29, 0.717) is 0 Å². The van der Waals surface area contributed by atoms with E-state index in [1.54, 1.807) is 0 Å². The molecule has 0 rings (SSSR count). The van der Waals surface area contributed by atoms with E-state index in [0.717, 1.165) is 0 Å². The number of hydrogen-bond acceptors (Lipinski definition) is 2. The third-order valence-corrected chi connectivity index (χ3v) is 0. The van der Waals surface area contributed by atoms with E-state index in [4.69, 9.17) is 17.5 Å². The maximum absolute atomic E-state index is 8.74. The van der Waals surface area contributed by atoms with Crippen molar-refractivity contribution in [3.05, 3.63) is 0 Å². The predicted molar refractivity (Wildman–Crippen MR) is 21.4 cm³/mol. The van der Waals surface area contributed by atoms with Crippen molar-refractivity contribution in [2.45, 2.75) is 0 Å². The fourth-order valence-electron chi connectivity index (χ4n) is 0. The Bertz CT molecular complexity index is 94.9. The van der Waals surface area contributed by atoms with E-state index in [1.165, 1.54) is 0 Å². The fourth-order valence-corrected chi connectivity index (χ4v) is 0. The van der Waals surface area contributed by atoms with Gasteiger partial charge in [0.15, 0.2) is 0 Å². The van der Waals surface area contributed by atoms with Gasteiger partial charge >= 0.3 is 10.4 Å². The van der Waals surface area contributed by atoms with Gasteiger partial charge in [-0.1, -0.05) is 0 Å². The van der Waals surface area contributed by atoms with E-state index in [-0.39, 0.29) is 29.2 Å². The number of halogens is 1. The van der Waals surface area contributed by atoms with E-state index in [2.05, 4.69) is 0 Å². The molecule has 4 nitrogen and oxygen atoms in total. The molecule has 0 saturated carbocycles. The van der Waals surface area contributed by atoms with Gasteiger partial charge < -0.3 is 0 Å². The Morgan fingerprint density at radius 1 is 1.14 bits per heavy atom. The van der Waals surface area contributed by atoms with Gasteiger partial charge in [-0.05, 0) is 0 Å². The molecule has 1 radical (unpaired) electrons. The minimum Gasteiger partial charge on any atom is -0.264 e. The van der Waals surface area contributed by atoms with Crippen molar-refractivity contribution >= 4 is 22.8 Å². The monoisotopic (exact) mass is 193 g/mol. The SMILES string of the molecule is Cl.O=S(=O)(O)O.[Co]. The molecule has 0 spiro atoms. The van der Waals surface area contributed by atoms with Crippen LogP contribution in [0.3, 0.4) is 0 Å². The molecule has 0 unspecified atom stereocenters. The molecule has 7 heteroatoms. The number of hydrogen-bond donors (Lipinski definition) is 2. The van der Waals surface area contributed by atoms with Crippen LogP contribution in [0.1, 0.15) is 0 Å². The standard InChI is InChI=1S/ClH.Co.H2O4S/c;;1-5(2,3)4/h1H;;(H2,1,2,3,4). The van der Waals surface area contributed by atoms with Gasteiger partial charge in [0.25, 0.3) is 0 Å². The molecule has 0 heterocycles. The molecule has 0 amide bonds. The van der Waals surface area contributed by atoms with Gasteiger partial charge in [-0.3, -0.25) is 9.11 Å². The first kappa shape index (κ1) is 15.6. The summed E-state index contributed by atoms with van der Waals surface area (Å²) < 4.78 is 31.6. The van der Waals surface area contributed by atoms with Crippen molar-refractivity contribution < 1.29 is 34.3 Å². The predicted octanol–water partition coefficient (Wildman–Crippen LogP) is -0.233. The van der Waals surface area contributed by atoms with Crippen LogP contribution >= 0.6 is 12.4 Å². The Balaban J connectivity index is -0.0000000800. The van der Waals surface area contributed by atoms with Crippen LogP contribution in [0, 0.1) is 0 Å². The molecule has 0 aromatic rings. The molecule has 49 valence electrons. The molecule has 0 aliphatic heterocycles. The van der Waals surface area contributed by atoms with Crippen LogP contribution in [0.4, 0.5) is 0 Å². The summed E-state index contributed by atoms with van der Waals surface area (Å²) >= 11 is 0. The van der Waals surface area contributed by atoms with Crippen LogP contribution in [-0.2, 0) is 27.2 Å². The molecular weight excluding hydrogens is 190 g/mol. The number of rotatable bonds is 0. The van der Waals surface area contributed by atoms with Gasteiger partial charge in [-0.15, -0.1) is 12.4 Å². The molecule has 0 aromatic carbocycles. The van der Waals surface area contributed by atoms with Gasteiger partial charge in [0.05, 0.1) is 0 Å². The maximum atomic E-state index is 8.74. The first-order valence-electron chi connectivity index (χ1n) is 0.698. The minimum atomic E-state index is -4.67. The smallest absolute Gasteiger partial charge is 0.264 e. The van der Waals surface area contributed by atoms with Crippen molar-refractivity contribution in [3.63, 3.8) is 0 Å². The topological polar surface area (TPSA) is 74.6 Å². The van der Waals surface area contributed by atoms with Gasteiger partial charge in [0.2, 0.25) is 0 Å².